The van der Waals surface area contributed by atoms with E-state index in [1.165, 1.54) is 26.8 Å². The predicted octanol–water partition coefficient (Wildman–Crippen LogP) is 3.64. The molecule has 1 amide bonds. The molecule has 6 heteroatoms. The zero-order valence-electron chi connectivity index (χ0n) is 14.1. The Morgan fingerprint density at radius 2 is 1.64 bits per heavy atom. The Morgan fingerprint density at radius 3 is 2.28 bits per heavy atom. The smallest absolute Gasteiger partial charge is 0.265 e. The Morgan fingerprint density at radius 1 is 1.00 bits per heavy atom. The third-order valence-electron chi connectivity index (χ3n) is 3.56. The number of ether oxygens (including phenoxy) is 1. The quantitative estimate of drug-likeness (QED) is 0.813. The van der Waals surface area contributed by atoms with Crippen LogP contribution >= 0.6 is 0 Å². The fourth-order valence-corrected chi connectivity index (χ4v) is 2.26. The van der Waals surface area contributed by atoms with Gasteiger partial charge in [-0.25, -0.2) is 4.39 Å². The lowest BCUT2D eigenvalue weighted by atomic mass is 10.1. The maximum atomic E-state index is 13.3. The summed E-state index contributed by atoms with van der Waals surface area (Å²) < 4.78 is 18.8. The molecule has 2 aromatic rings. The lowest BCUT2D eigenvalue weighted by molar-refractivity contribution is -0.122. The minimum absolute atomic E-state index is 0.0591. The number of amides is 1. The third kappa shape index (κ3) is 4.50. The number of Topliss-reactive ketones (excluding diaryl/α,β-unsaturated/α-hetero) is 2. The molecule has 0 saturated heterocycles. The summed E-state index contributed by atoms with van der Waals surface area (Å²) in [6, 6.07) is 10.1. The summed E-state index contributed by atoms with van der Waals surface area (Å²) in [5.41, 5.74) is 0.819. The van der Waals surface area contributed by atoms with Gasteiger partial charge in [0.2, 0.25) is 0 Å². The van der Waals surface area contributed by atoms with E-state index < -0.39 is 17.8 Å². The molecule has 0 radical (unpaired) electrons. The SMILES string of the molecule is CC(=O)c1ccccc1NC(=O)[C@H](C)Oc1ccc(F)cc1C(C)=O. The molecule has 130 valence electrons. The minimum atomic E-state index is -0.955. The third-order valence-corrected chi connectivity index (χ3v) is 3.56. The first-order valence-electron chi connectivity index (χ1n) is 7.67. The highest BCUT2D eigenvalue weighted by atomic mass is 19.1. The standard InChI is InChI=1S/C19H18FNO4/c1-11(22)15-6-4-5-7-17(15)21-19(24)13(3)25-18-9-8-14(20)10-16(18)12(2)23/h4-10,13H,1-3H3,(H,21,24)/t13-/m0/s1. The summed E-state index contributed by atoms with van der Waals surface area (Å²) in [6.45, 7) is 4.19. The van der Waals surface area contributed by atoms with E-state index in [2.05, 4.69) is 5.32 Å². The second-order valence-electron chi connectivity index (χ2n) is 5.55. The molecule has 0 aliphatic rings. The van der Waals surface area contributed by atoms with Crippen molar-refractivity contribution in [1.82, 2.24) is 0 Å². The molecule has 25 heavy (non-hydrogen) atoms. The molecule has 0 saturated carbocycles. The Labute approximate surface area is 144 Å². The maximum absolute atomic E-state index is 13.3. The molecule has 0 aliphatic carbocycles. The van der Waals surface area contributed by atoms with E-state index in [1.807, 2.05) is 0 Å². The molecule has 0 heterocycles. The lowest BCUT2D eigenvalue weighted by Gasteiger charge is -2.17. The van der Waals surface area contributed by atoms with Crippen LogP contribution in [0.1, 0.15) is 41.5 Å². The van der Waals surface area contributed by atoms with Crippen LogP contribution < -0.4 is 10.1 Å². The van der Waals surface area contributed by atoms with Gasteiger partial charge >= 0.3 is 0 Å². The first kappa shape index (κ1) is 18.3. The number of para-hydroxylation sites is 1. The molecule has 5 nitrogen and oxygen atoms in total. The zero-order valence-corrected chi connectivity index (χ0v) is 14.1. The van der Waals surface area contributed by atoms with Crippen LogP contribution in [0, 0.1) is 5.82 Å². The molecular formula is C19H18FNO4. The number of carbonyl (C=O) groups is 3. The van der Waals surface area contributed by atoms with Crippen molar-refractivity contribution in [2.75, 3.05) is 5.32 Å². The zero-order chi connectivity index (χ0) is 18.6. The van der Waals surface area contributed by atoms with Crippen LogP contribution in [0.4, 0.5) is 10.1 Å². The average molecular weight is 343 g/mol. The highest BCUT2D eigenvalue weighted by molar-refractivity contribution is 6.04. The fourth-order valence-electron chi connectivity index (χ4n) is 2.26. The molecule has 1 N–H and O–H groups in total. The second kappa shape index (κ2) is 7.70. The average Bonchev–Trinajstić information content (AvgIpc) is 2.56. The van der Waals surface area contributed by atoms with Crippen LogP contribution in [0.2, 0.25) is 0 Å². The summed E-state index contributed by atoms with van der Waals surface area (Å²) in [7, 11) is 0. The van der Waals surface area contributed by atoms with Crippen molar-refractivity contribution in [3.63, 3.8) is 0 Å². The van der Waals surface area contributed by atoms with Crippen molar-refractivity contribution in [1.29, 1.82) is 0 Å². The first-order chi connectivity index (χ1) is 11.8. The van der Waals surface area contributed by atoms with Crippen molar-refractivity contribution in [3.8, 4) is 5.75 Å². The second-order valence-corrected chi connectivity index (χ2v) is 5.55. The molecule has 0 aliphatic heterocycles. The van der Waals surface area contributed by atoms with Crippen molar-refractivity contribution < 1.29 is 23.5 Å². The number of nitrogens with one attached hydrogen (secondary N) is 1. The van der Waals surface area contributed by atoms with Gasteiger partial charge in [0.15, 0.2) is 17.7 Å². The van der Waals surface area contributed by atoms with Gasteiger partial charge in [-0.2, -0.15) is 0 Å². The van der Waals surface area contributed by atoms with Gasteiger partial charge in [0, 0.05) is 5.56 Å². The molecule has 2 rings (SSSR count). The number of anilines is 1. The first-order valence-corrected chi connectivity index (χ1v) is 7.67. The monoisotopic (exact) mass is 343 g/mol. The summed E-state index contributed by atoms with van der Waals surface area (Å²) in [5.74, 6) is -1.49. The normalized spacial score (nSPS) is 11.5. The van der Waals surface area contributed by atoms with Crippen LogP contribution in [0.15, 0.2) is 42.5 Å². The number of halogens is 1. The van der Waals surface area contributed by atoms with E-state index in [0.29, 0.717) is 11.3 Å². The maximum Gasteiger partial charge on any atom is 0.265 e. The number of benzene rings is 2. The van der Waals surface area contributed by atoms with Gasteiger partial charge in [-0.1, -0.05) is 12.1 Å². The number of ketones is 2. The number of rotatable bonds is 6. The van der Waals surface area contributed by atoms with E-state index >= 15 is 0 Å². The van der Waals surface area contributed by atoms with E-state index in [4.69, 9.17) is 4.74 Å². The van der Waals surface area contributed by atoms with Gasteiger partial charge in [-0.05, 0) is 51.1 Å². The van der Waals surface area contributed by atoms with Crippen LogP contribution in [0.25, 0.3) is 0 Å². The van der Waals surface area contributed by atoms with Crippen LogP contribution in [0.5, 0.6) is 5.75 Å². The number of carbonyl (C=O) groups excluding carboxylic acids is 3. The molecule has 0 fully saturated rings. The topological polar surface area (TPSA) is 72.5 Å². The van der Waals surface area contributed by atoms with E-state index in [9.17, 15) is 18.8 Å². The van der Waals surface area contributed by atoms with E-state index in [0.717, 1.165) is 12.1 Å². The Hall–Kier alpha value is -3.02. The van der Waals surface area contributed by atoms with E-state index in [1.54, 1.807) is 24.3 Å². The number of hydrogen-bond donors (Lipinski definition) is 1. The minimum Gasteiger partial charge on any atom is -0.480 e. The number of hydrogen-bond acceptors (Lipinski definition) is 4. The van der Waals surface area contributed by atoms with Gasteiger partial charge in [0.25, 0.3) is 5.91 Å². The van der Waals surface area contributed by atoms with Crippen LogP contribution in [0.3, 0.4) is 0 Å². The molecule has 2 aromatic carbocycles. The highest BCUT2D eigenvalue weighted by Gasteiger charge is 2.19. The summed E-state index contributed by atoms with van der Waals surface area (Å²) in [5, 5.41) is 2.63. The fraction of sp³-hybridized carbons (Fsp3) is 0.211. The summed E-state index contributed by atoms with van der Waals surface area (Å²) in [6.07, 6.45) is -0.955. The van der Waals surface area contributed by atoms with Gasteiger partial charge in [-0.3, -0.25) is 14.4 Å². The molecule has 0 spiro atoms. The highest BCUT2D eigenvalue weighted by Crippen LogP contribution is 2.22. The van der Waals surface area contributed by atoms with Crippen molar-refractivity contribution >= 4 is 23.2 Å². The molecular weight excluding hydrogens is 325 g/mol. The molecule has 0 bridgehead atoms. The van der Waals surface area contributed by atoms with Gasteiger partial charge in [-0.15, -0.1) is 0 Å². The van der Waals surface area contributed by atoms with Crippen LogP contribution in [-0.4, -0.2) is 23.6 Å². The largest absolute Gasteiger partial charge is 0.480 e. The van der Waals surface area contributed by atoms with E-state index in [-0.39, 0.29) is 22.9 Å². The molecule has 0 unspecified atom stereocenters. The Balaban J connectivity index is 2.17. The molecule has 0 aromatic heterocycles. The van der Waals surface area contributed by atoms with Crippen LogP contribution in [-0.2, 0) is 4.79 Å². The Kier molecular flexibility index (Phi) is 5.64. The van der Waals surface area contributed by atoms with Crippen molar-refractivity contribution in [2.45, 2.75) is 26.9 Å². The van der Waals surface area contributed by atoms with Gasteiger partial charge < -0.3 is 10.1 Å². The Bertz CT molecular complexity index is 832. The van der Waals surface area contributed by atoms with Gasteiger partial charge in [0.1, 0.15) is 11.6 Å². The van der Waals surface area contributed by atoms with Crippen molar-refractivity contribution in [3.05, 3.63) is 59.4 Å². The molecule has 1 atom stereocenters. The summed E-state index contributed by atoms with van der Waals surface area (Å²) >= 11 is 0. The predicted molar refractivity (Wildman–Crippen MR) is 91.6 cm³/mol. The lowest BCUT2D eigenvalue weighted by Crippen LogP contribution is -2.31. The summed E-state index contributed by atoms with van der Waals surface area (Å²) in [4.78, 5) is 35.5. The van der Waals surface area contributed by atoms with Crippen molar-refractivity contribution in [2.24, 2.45) is 0 Å². The van der Waals surface area contributed by atoms with Gasteiger partial charge in [0.05, 0.1) is 11.3 Å².